The molecule has 6 aromatic rings. The second kappa shape index (κ2) is 6.86. The van der Waals surface area contributed by atoms with Gasteiger partial charge >= 0.3 is 0 Å². The summed E-state index contributed by atoms with van der Waals surface area (Å²) >= 11 is 3.64. The molecule has 0 bridgehead atoms. The van der Waals surface area contributed by atoms with Crippen LogP contribution in [0.15, 0.2) is 114 Å². The second-order valence-electron chi connectivity index (χ2n) is 7.63. The van der Waals surface area contributed by atoms with Gasteiger partial charge in [-0.15, -0.1) is 0 Å². The van der Waals surface area contributed by atoms with Gasteiger partial charge in [-0.3, -0.25) is 0 Å². The van der Waals surface area contributed by atoms with Gasteiger partial charge in [0.15, 0.2) is 0 Å². The molecular formula is C28H18BrN. The minimum absolute atomic E-state index is 1.10. The predicted molar refractivity (Wildman–Crippen MR) is 131 cm³/mol. The Kier molecular flexibility index (Phi) is 4.00. The zero-order valence-corrected chi connectivity index (χ0v) is 17.8. The van der Waals surface area contributed by atoms with E-state index in [0.717, 1.165) is 4.47 Å². The van der Waals surface area contributed by atoms with E-state index in [4.69, 9.17) is 0 Å². The summed E-state index contributed by atoms with van der Waals surface area (Å²) in [5.41, 5.74) is 6.07. The van der Waals surface area contributed by atoms with Crippen molar-refractivity contribution in [3.8, 4) is 16.8 Å². The minimum Gasteiger partial charge on any atom is -0.309 e. The van der Waals surface area contributed by atoms with Crippen LogP contribution in [-0.4, -0.2) is 4.57 Å². The molecule has 0 aliphatic rings. The number of hydrogen-bond donors (Lipinski definition) is 0. The maximum Gasteiger partial charge on any atom is 0.0541 e. The number of benzene rings is 5. The van der Waals surface area contributed by atoms with E-state index in [2.05, 4.69) is 130 Å². The Hall–Kier alpha value is -3.36. The highest BCUT2D eigenvalue weighted by molar-refractivity contribution is 9.10. The molecule has 0 spiro atoms. The first-order chi connectivity index (χ1) is 14.8. The van der Waals surface area contributed by atoms with Gasteiger partial charge in [0, 0.05) is 20.9 Å². The predicted octanol–water partition coefficient (Wildman–Crippen LogP) is 8.37. The fraction of sp³-hybridized carbons (Fsp3) is 0. The smallest absolute Gasteiger partial charge is 0.0541 e. The van der Waals surface area contributed by atoms with Crippen LogP contribution >= 0.6 is 15.9 Å². The topological polar surface area (TPSA) is 4.93 Å². The average Bonchev–Trinajstić information content (AvgIpc) is 3.12. The van der Waals surface area contributed by atoms with Crippen LogP contribution in [-0.2, 0) is 0 Å². The molecule has 0 fully saturated rings. The summed E-state index contributed by atoms with van der Waals surface area (Å²) < 4.78 is 3.46. The first-order valence-corrected chi connectivity index (χ1v) is 10.9. The Morgan fingerprint density at radius 2 is 1.27 bits per heavy atom. The summed E-state index contributed by atoms with van der Waals surface area (Å²) in [5.74, 6) is 0. The van der Waals surface area contributed by atoms with Crippen molar-refractivity contribution < 1.29 is 0 Å². The van der Waals surface area contributed by atoms with Gasteiger partial charge < -0.3 is 4.57 Å². The number of halogens is 1. The average molecular weight is 448 g/mol. The molecular weight excluding hydrogens is 430 g/mol. The number of nitrogens with zero attached hydrogens (tertiary/aromatic N) is 1. The Morgan fingerprint density at radius 3 is 2.20 bits per heavy atom. The number of para-hydroxylation sites is 1. The summed E-state index contributed by atoms with van der Waals surface area (Å²) in [4.78, 5) is 0. The van der Waals surface area contributed by atoms with Crippen molar-refractivity contribution >= 4 is 48.5 Å². The van der Waals surface area contributed by atoms with E-state index in [9.17, 15) is 0 Å². The Bertz CT molecular complexity index is 1560. The molecule has 0 aliphatic carbocycles. The fourth-order valence-electron chi connectivity index (χ4n) is 4.42. The lowest BCUT2D eigenvalue weighted by Crippen LogP contribution is -1.94. The molecule has 0 saturated heterocycles. The fourth-order valence-corrected chi connectivity index (χ4v) is 4.78. The maximum absolute atomic E-state index is 3.64. The van der Waals surface area contributed by atoms with Crippen molar-refractivity contribution in [2.45, 2.75) is 0 Å². The van der Waals surface area contributed by atoms with E-state index >= 15 is 0 Å². The SMILES string of the molecule is Brc1ccc2c(c1)c1ccccc1n2-c1cccc(-c2ccc3ccccc3c2)c1. The van der Waals surface area contributed by atoms with Gasteiger partial charge in [0.2, 0.25) is 0 Å². The van der Waals surface area contributed by atoms with Gasteiger partial charge in [0.25, 0.3) is 0 Å². The molecule has 30 heavy (non-hydrogen) atoms. The monoisotopic (exact) mass is 447 g/mol. The minimum atomic E-state index is 1.10. The molecule has 142 valence electrons. The molecule has 0 aliphatic heterocycles. The summed E-state index contributed by atoms with van der Waals surface area (Å²) in [6.07, 6.45) is 0. The molecule has 0 N–H and O–H groups in total. The van der Waals surface area contributed by atoms with Crippen LogP contribution in [0, 0.1) is 0 Å². The summed E-state index contributed by atoms with van der Waals surface area (Å²) in [7, 11) is 0. The van der Waals surface area contributed by atoms with Crippen molar-refractivity contribution in [1.82, 2.24) is 4.57 Å². The van der Waals surface area contributed by atoms with Gasteiger partial charge in [-0.05, 0) is 64.4 Å². The molecule has 2 heteroatoms. The van der Waals surface area contributed by atoms with E-state index in [1.165, 1.54) is 49.4 Å². The molecule has 5 aromatic carbocycles. The van der Waals surface area contributed by atoms with Crippen molar-refractivity contribution in [3.63, 3.8) is 0 Å². The lowest BCUT2D eigenvalue weighted by molar-refractivity contribution is 1.18. The quantitative estimate of drug-likeness (QED) is 0.251. The zero-order valence-electron chi connectivity index (χ0n) is 16.2. The van der Waals surface area contributed by atoms with Crippen LogP contribution in [0.25, 0.3) is 49.4 Å². The molecule has 0 amide bonds. The summed E-state index contributed by atoms with van der Waals surface area (Å²) in [6, 6.07) is 39.2. The molecule has 1 aromatic heterocycles. The first kappa shape index (κ1) is 17.5. The van der Waals surface area contributed by atoms with Gasteiger partial charge in [-0.2, -0.15) is 0 Å². The highest BCUT2D eigenvalue weighted by atomic mass is 79.9. The second-order valence-corrected chi connectivity index (χ2v) is 8.54. The highest BCUT2D eigenvalue weighted by Gasteiger charge is 2.12. The van der Waals surface area contributed by atoms with E-state index in [1.807, 2.05) is 0 Å². The first-order valence-electron chi connectivity index (χ1n) is 10.1. The molecule has 6 rings (SSSR count). The van der Waals surface area contributed by atoms with Gasteiger partial charge in [-0.25, -0.2) is 0 Å². The Labute approximate surface area is 183 Å². The molecule has 0 saturated carbocycles. The normalized spacial score (nSPS) is 11.5. The van der Waals surface area contributed by atoms with Crippen molar-refractivity contribution in [3.05, 3.63) is 114 Å². The zero-order chi connectivity index (χ0) is 20.1. The van der Waals surface area contributed by atoms with E-state index < -0.39 is 0 Å². The number of fused-ring (bicyclic) bond motifs is 4. The van der Waals surface area contributed by atoms with Gasteiger partial charge in [-0.1, -0.05) is 82.7 Å². The Morgan fingerprint density at radius 1 is 0.500 bits per heavy atom. The Balaban J connectivity index is 1.59. The number of rotatable bonds is 2. The van der Waals surface area contributed by atoms with Gasteiger partial charge in [0.1, 0.15) is 0 Å². The third kappa shape index (κ3) is 2.76. The van der Waals surface area contributed by atoms with Crippen LogP contribution in [0.2, 0.25) is 0 Å². The van der Waals surface area contributed by atoms with Crippen molar-refractivity contribution in [2.75, 3.05) is 0 Å². The molecule has 1 heterocycles. The largest absolute Gasteiger partial charge is 0.309 e. The summed E-state index contributed by atoms with van der Waals surface area (Å²) in [5, 5.41) is 5.06. The van der Waals surface area contributed by atoms with E-state index in [1.54, 1.807) is 0 Å². The van der Waals surface area contributed by atoms with Crippen LogP contribution in [0.4, 0.5) is 0 Å². The standard InChI is InChI=1S/C28H18BrN/c29-23-14-15-28-26(18-23)25-10-3-4-11-27(25)30(28)24-9-5-8-21(17-24)22-13-12-19-6-1-2-7-20(19)16-22/h1-18H. The van der Waals surface area contributed by atoms with Crippen LogP contribution in [0.3, 0.4) is 0 Å². The highest BCUT2D eigenvalue weighted by Crippen LogP contribution is 2.35. The molecule has 0 atom stereocenters. The lowest BCUT2D eigenvalue weighted by atomic mass is 10.0. The van der Waals surface area contributed by atoms with Crippen molar-refractivity contribution in [2.24, 2.45) is 0 Å². The van der Waals surface area contributed by atoms with Gasteiger partial charge in [0.05, 0.1) is 11.0 Å². The van der Waals surface area contributed by atoms with Crippen LogP contribution in [0.5, 0.6) is 0 Å². The summed E-state index contributed by atoms with van der Waals surface area (Å²) in [6.45, 7) is 0. The van der Waals surface area contributed by atoms with Crippen LogP contribution < -0.4 is 0 Å². The van der Waals surface area contributed by atoms with Crippen LogP contribution in [0.1, 0.15) is 0 Å². The molecule has 0 unspecified atom stereocenters. The maximum atomic E-state index is 3.64. The third-order valence-electron chi connectivity index (χ3n) is 5.82. The van der Waals surface area contributed by atoms with Crippen molar-refractivity contribution in [1.29, 1.82) is 0 Å². The van der Waals surface area contributed by atoms with E-state index in [0.29, 0.717) is 0 Å². The molecule has 0 radical (unpaired) electrons. The third-order valence-corrected chi connectivity index (χ3v) is 6.32. The number of aromatic nitrogens is 1. The lowest BCUT2D eigenvalue weighted by Gasteiger charge is -2.11. The number of hydrogen-bond acceptors (Lipinski definition) is 0. The van der Waals surface area contributed by atoms with E-state index in [-0.39, 0.29) is 0 Å². The molecule has 1 nitrogen and oxygen atoms in total.